The molecule has 0 aliphatic carbocycles. The number of pyridine rings is 1. The first-order valence-electron chi connectivity index (χ1n) is 11.6. The van der Waals surface area contributed by atoms with Gasteiger partial charge in [-0.15, -0.1) is 0 Å². The number of piperidine rings is 1. The molecule has 10 nitrogen and oxygen atoms in total. The van der Waals surface area contributed by atoms with E-state index in [1.165, 1.54) is 18.3 Å². The Hall–Kier alpha value is -3.19. The molecular weight excluding hydrogens is 565 g/mol. The molecule has 0 atom stereocenters. The molecule has 0 saturated carbocycles. The molecule has 3 aromatic rings. The van der Waals surface area contributed by atoms with Crippen LogP contribution < -0.4 is 25.0 Å². The molecule has 0 amide bonds. The molecule has 13 heteroatoms. The van der Waals surface area contributed by atoms with Crippen molar-refractivity contribution in [3.63, 3.8) is 0 Å². The Morgan fingerprint density at radius 1 is 1.05 bits per heavy atom. The van der Waals surface area contributed by atoms with Crippen LogP contribution in [0, 0.1) is 11.2 Å². The molecule has 1 aliphatic rings. The zero-order valence-electron chi connectivity index (χ0n) is 21.0. The number of halogens is 2. The maximum Gasteiger partial charge on any atom is 0.239 e. The lowest BCUT2D eigenvalue weighted by Crippen LogP contribution is -2.37. The number of benzene rings is 1. The molecule has 0 spiro atoms. The van der Waals surface area contributed by atoms with Crippen LogP contribution in [0.15, 0.2) is 41.0 Å². The molecule has 0 radical (unpaired) electrons. The van der Waals surface area contributed by atoms with Gasteiger partial charge < -0.3 is 20.3 Å². The van der Waals surface area contributed by atoms with Crippen molar-refractivity contribution < 1.29 is 17.5 Å². The van der Waals surface area contributed by atoms with Gasteiger partial charge in [-0.25, -0.2) is 17.8 Å². The van der Waals surface area contributed by atoms with Gasteiger partial charge in [-0.2, -0.15) is 9.97 Å². The number of ether oxygens (including phenoxy) is 1. The van der Waals surface area contributed by atoms with Crippen molar-refractivity contribution in [1.29, 1.82) is 0 Å². The SMILES string of the molecule is COc1nc(N2CCC(C)(C)CC2)ccc1Nc1ncc(Br)c(Nc2ccc(F)cc2NS(C)(=O)=O)n1. The maximum atomic E-state index is 13.8. The van der Waals surface area contributed by atoms with E-state index in [0.717, 1.165) is 44.1 Å². The van der Waals surface area contributed by atoms with Crippen LogP contribution in [0.2, 0.25) is 0 Å². The number of methoxy groups -OCH3 is 1. The van der Waals surface area contributed by atoms with E-state index < -0.39 is 15.8 Å². The zero-order chi connectivity index (χ0) is 26.8. The summed E-state index contributed by atoms with van der Waals surface area (Å²) < 4.78 is 45.6. The van der Waals surface area contributed by atoms with Gasteiger partial charge in [-0.1, -0.05) is 13.8 Å². The third kappa shape index (κ3) is 6.98. The Kier molecular flexibility index (Phi) is 7.74. The quantitative estimate of drug-likeness (QED) is 0.320. The third-order valence-electron chi connectivity index (χ3n) is 6.00. The molecule has 198 valence electrons. The van der Waals surface area contributed by atoms with Gasteiger partial charge in [-0.3, -0.25) is 4.72 Å². The lowest BCUT2D eigenvalue weighted by atomic mass is 9.83. The summed E-state index contributed by atoms with van der Waals surface area (Å²) in [7, 11) is -2.08. The average Bonchev–Trinajstić information content (AvgIpc) is 2.82. The topological polar surface area (TPSA) is 121 Å². The van der Waals surface area contributed by atoms with Gasteiger partial charge in [-0.05, 0) is 58.5 Å². The lowest BCUT2D eigenvalue weighted by Gasteiger charge is -2.37. The number of hydrogen-bond acceptors (Lipinski definition) is 9. The van der Waals surface area contributed by atoms with Crippen molar-refractivity contribution >= 4 is 60.6 Å². The first kappa shape index (κ1) is 26.9. The highest BCUT2D eigenvalue weighted by atomic mass is 79.9. The van der Waals surface area contributed by atoms with Crippen molar-refractivity contribution in [2.24, 2.45) is 5.41 Å². The zero-order valence-corrected chi connectivity index (χ0v) is 23.4. The summed E-state index contributed by atoms with van der Waals surface area (Å²) in [4.78, 5) is 15.7. The summed E-state index contributed by atoms with van der Waals surface area (Å²) in [6, 6.07) is 7.51. The summed E-state index contributed by atoms with van der Waals surface area (Å²) in [6.07, 6.45) is 4.71. The Morgan fingerprint density at radius 3 is 2.43 bits per heavy atom. The summed E-state index contributed by atoms with van der Waals surface area (Å²) in [5, 5.41) is 6.14. The molecule has 0 bridgehead atoms. The van der Waals surface area contributed by atoms with Crippen LogP contribution in [0.25, 0.3) is 0 Å². The molecule has 3 heterocycles. The van der Waals surface area contributed by atoms with Crippen LogP contribution in [0.5, 0.6) is 5.88 Å². The van der Waals surface area contributed by atoms with Gasteiger partial charge in [0.25, 0.3) is 0 Å². The van der Waals surface area contributed by atoms with Gasteiger partial charge in [0.15, 0.2) is 0 Å². The van der Waals surface area contributed by atoms with Gasteiger partial charge >= 0.3 is 0 Å². The summed E-state index contributed by atoms with van der Waals surface area (Å²) >= 11 is 3.39. The number of aromatic nitrogens is 3. The van der Waals surface area contributed by atoms with E-state index in [4.69, 9.17) is 4.74 Å². The number of nitrogens with one attached hydrogen (secondary N) is 3. The monoisotopic (exact) mass is 593 g/mol. The van der Waals surface area contributed by atoms with E-state index in [1.807, 2.05) is 12.1 Å². The molecule has 1 aromatic carbocycles. The van der Waals surface area contributed by atoms with Crippen LogP contribution in [0.1, 0.15) is 26.7 Å². The molecule has 0 unspecified atom stereocenters. The van der Waals surface area contributed by atoms with Crippen molar-refractivity contribution in [2.45, 2.75) is 26.7 Å². The first-order chi connectivity index (χ1) is 17.4. The highest BCUT2D eigenvalue weighted by molar-refractivity contribution is 9.10. The van der Waals surface area contributed by atoms with E-state index in [-0.39, 0.29) is 11.6 Å². The predicted octanol–water partition coefficient (Wildman–Crippen LogP) is 5.27. The van der Waals surface area contributed by atoms with Crippen molar-refractivity contribution in [3.8, 4) is 5.88 Å². The second-order valence-electron chi connectivity index (χ2n) is 9.58. The first-order valence-corrected chi connectivity index (χ1v) is 14.2. The Balaban J connectivity index is 1.56. The number of sulfonamides is 1. The molecule has 1 fully saturated rings. The highest BCUT2D eigenvalue weighted by Crippen LogP contribution is 2.35. The molecule has 37 heavy (non-hydrogen) atoms. The van der Waals surface area contributed by atoms with E-state index in [9.17, 15) is 12.8 Å². The molecule has 1 saturated heterocycles. The average molecular weight is 595 g/mol. The van der Waals surface area contributed by atoms with Gasteiger partial charge in [0, 0.05) is 25.4 Å². The number of rotatable bonds is 8. The normalized spacial score (nSPS) is 15.2. The van der Waals surface area contributed by atoms with E-state index >= 15 is 0 Å². The second kappa shape index (κ2) is 10.7. The second-order valence-corrected chi connectivity index (χ2v) is 12.2. The number of nitrogens with zero attached hydrogens (tertiary/aromatic N) is 4. The van der Waals surface area contributed by atoms with E-state index in [0.29, 0.717) is 33.0 Å². The fraction of sp³-hybridized carbons (Fsp3) is 0.375. The minimum Gasteiger partial charge on any atom is -0.479 e. The summed E-state index contributed by atoms with van der Waals surface area (Å²) in [5.74, 6) is 1.25. The number of hydrogen-bond donors (Lipinski definition) is 3. The van der Waals surface area contributed by atoms with E-state index in [2.05, 4.69) is 65.0 Å². The van der Waals surface area contributed by atoms with Crippen LogP contribution in [0.3, 0.4) is 0 Å². The Morgan fingerprint density at radius 2 is 1.76 bits per heavy atom. The van der Waals surface area contributed by atoms with Crippen LogP contribution >= 0.6 is 15.9 Å². The van der Waals surface area contributed by atoms with Crippen LogP contribution in [-0.2, 0) is 10.0 Å². The smallest absolute Gasteiger partial charge is 0.239 e. The highest BCUT2D eigenvalue weighted by Gasteiger charge is 2.26. The Labute approximate surface area is 224 Å². The Bertz CT molecular complexity index is 1400. The van der Waals surface area contributed by atoms with Gasteiger partial charge in [0.05, 0.1) is 29.2 Å². The van der Waals surface area contributed by atoms with Crippen molar-refractivity contribution in [2.75, 3.05) is 46.7 Å². The van der Waals surface area contributed by atoms with Crippen LogP contribution in [-0.4, -0.2) is 49.8 Å². The fourth-order valence-corrected chi connectivity index (χ4v) is 4.73. The fourth-order valence-electron chi connectivity index (χ4n) is 3.87. The minimum atomic E-state index is -3.63. The lowest BCUT2D eigenvalue weighted by molar-refractivity contribution is 0.279. The predicted molar refractivity (Wildman–Crippen MR) is 147 cm³/mol. The molecule has 1 aliphatic heterocycles. The van der Waals surface area contributed by atoms with Gasteiger partial charge in [0.2, 0.25) is 21.9 Å². The minimum absolute atomic E-state index is 0.0464. The summed E-state index contributed by atoms with van der Waals surface area (Å²) in [5.41, 5.74) is 1.27. The standard InChI is InChI=1S/C24H29BrFN7O3S/c1-24(2)9-11-33(12-10-24)20-8-7-18(22(30-20)36-3)29-23-27-14-16(25)21(31-23)28-17-6-5-15(26)13-19(17)32-37(4,34)35/h5-8,13-14,32H,9-12H2,1-4H3,(H2,27,28,29,31). The van der Waals surface area contributed by atoms with Crippen molar-refractivity contribution in [3.05, 3.63) is 46.8 Å². The maximum absolute atomic E-state index is 13.8. The third-order valence-corrected chi connectivity index (χ3v) is 7.17. The molecular formula is C24H29BrFN7O3S. The molecule has 4 rings (SSSR count). The molecule has 2 aromatic heterocycles. The largest absolute Gasteiger partial charge is 0.479 e. The van der Waals surface area contributed by atoms with Crippen molar-refractivity contribution in [1.82, 2.24) is 15.0 Å². The van der Waals surface area contributed by atoms with Gasteiger partial charge in [0.1, 0.15) is 23.1 Å². The number of anilines is 6. The van der Waals surface area contributed by atoms with E-state index in [1.54, 1.807) is 7.11 Å². The van der Waals surface area contributed by atoms with Crippen LogP contribution in [0.4, 0.5) is 39.0 Å². The summed E-state index contributed by atoms with van der Waals surface area (Å²) in [6.45, 7) is 6.43. The molecule has 3 N–H and O–H groups in total.